The van der Waals surface area contributed by atoms with Gasteiger partial charge in [0.15, 0.2) is 0 Å². The fourth-order valence-electron chi connectivity index (χ4n) is 1.94. The fourth-order valence-corrected chi connectivity index (χ4v) is 1.94. The Hall–Kier alpha value is -1.34. The summed E-state index contributed by atoms with van der Waals surface area (Å²) >= 11 is 0. The van der Waals surface area contributed by atoms with Crippen molar-refractivity contribution in [3.63, 3.8) is 0 Å². The average Bonchev–Trinajstić information content (AvgIpc) is 2.75. The second kappa shape index (κ2) is 4.03. The molecule has 1 aromatic rings. The molecule has 0 aliphatic carbocycles. The predicted molar refractivity (Wildman–Crippen MR) is 55.0 cm³/mol. The van der Waals surface area contributed by atoms with Crippen LogP contribution >= 0.6 is 0 Å². The first-order chi connectivity index (χ1) is 7.20. The Morgan fingerprint density at radius 2 is 2.40 bits per heavy atom. The lowest BCUT2D eigenvalue weighted by Gasteiger charge is -2.16. The van der Waals surface area contributed by atoms with Crippen molar-refractivity contribution >= 4 is 0 Å². The summed E-state index contributed by atoms with van der Waals surface area (Å²) in [7, 11) is 0. The van der Waals surface area contributed by atoms with Gasteiger partial charge in [0.2, 0.25) is 5.89 Å². The van der Waals surface area contributed by atoms with Crippen LogP contribution in [0.5, 0.6) is 0 Å². The molecule has 1 aromatic heterocycles. The Balaban J connectivity index is 2.06. The normalized spacial score (nSPS) is 21.8. The summed E-state index contributed by atoms with van der Waals surface area (Å²) in [6, 6.07) is 2.35. The van der Waals surface area contributed by atoms with E-state index >= 15 is 0 Å². The Morgan fingerprint density at radius 1 is 1.60 bits per heavy atom. The number of rotatable bonds is 2. The third kappa shape index (κ3) is 2.02. The quantitative estimate of drug-likeness (QED) is 0.738. The first-order valence-corrected chi connectivity index (χ1v) is 5.27. The molecule has 0 saturated carbocycles. The van der Waals surface area contributed by atoms with E-state index in [2.05, 4.69) is 16.0 Å². The number of likely N-dealkylation sites (tertiary alicyclic amines) is 1. The highest BCUT2D eigenvalue weighted by atomic mass is 16.4. The number of nitriles is 1. The Kier molecular flexibility index (Phi) is 2.74. The second-order valence-corrected chi connectivity index (χ2v) is 4.01. The van der Waals surface area contributed by atoms with E-state index in [-0.39, 0.29) is 6.04 Å². The molecular weight excluding hydrogens is 190 g/mol. The molecule has 0 radical (unpaired) electrons. The second-order valence-electron chi connectivity index (χ2n) is 4.01. The van der Waals surface area contributed by atoms with Gasteiger partial charge in [-0.25, -0.2) is 4.98 Å². The molecule has 1 saturated heterocycles. The first-order valence-electron chi connectivity index (χ1n) is 5.27. The van der Waals surface area contributed by atoms with Crippen LogP contribution in [0.2, 0.25) is 0 Å². The lowest BCUT2D eigenvalue weighted by molar-refractivity contribution is 0.253. The molecular formula is C11H15N3O. The molecule has 1 aliphatic rings. The fraction of sp³-hybridized carbons (Fsp3) is 0.636. The number of aryl methyl sites for hydroxylation is 2. The molecule has 1 aliphatic heterocycles. The zero-order chi connectivity index (χ0) is 10.8. The molecule has 0 amide bonds. The maximum Gasteiger partial charge on any atom is 0.208 e. The van der Waals surface area contributed by atoms with Crippen LogP contribution in [0.15, 0.2) is 4.42 Å². The molecule has 0 bridgehead atoms. The van der Waals surface area contributed by atoms with Crippen molar-refractivity contribution < 1.29 is 4.42 Å². The summed E-state index contributed by atoms with van der Waals surface area (Å²) < 4.78 is 5.51. The van der Waals surface area contributed by atoms with Crippen molar-refractivity contribution in [1.82, 2.24) is 9.88 Å². The van der Waals surface area contributed by atoms with Gasteiger partial charge >= 0.3 is 0 Å². The standard InChI is InChI=1S/C11H15N3O/c1-8-9(2)15-11(13-8)7-14-5-3-4-10(14)6-12/h10H,3-5,7H2,1-2H3. The van der Waals surface area contributed by atoms with Crippen LogP contribution in [-0.4, -0.2) is 22.5 Å². The van der Waals surface area contributed by atoms with E-state index in [1.54, 1.807) is 0 Å². The van der Waals surface area contributed by atoms with Crippen LogP contribution < -0.4 is 0 Å². The minimum absolute atomic E-state index is 0.0394. The van der Waals surface area contributed by atoms with E-state index in [9.17, 15) is 0 Å². The van der Waals surface area contributed by atoms with Crippen LogP contribution in [0.25, 0.3) is 0 Å². The topological polar surface area (TPSA) is 53.1 Å². The highest BCUT2D eigenvalue weighted by Gasteiger charge is 2.25. The lowest BCUT2D eigenvalue weighted by Crippen LogP contribution is -2.27. The van der Waals surface area contributed by atoms with Gasteiger partial charge in [-0.15, -0.1) is 0 Å². The Labute approximate surface area is 89.5 Å². The summed E-state index contributed by atoms with van der Waals surface area (Å²) in [5.74, 6) is 1.60. The lowest BCUT2D eigenvalue weighted by atomic mass is 10.2. The molecule has 1 fully saturated rings. The zero-order valence-electron chi connectivity index (χ0n) is 9.16. The van der Waals surface area contributed by atoms with Crippen LogP contribution in [0, 0.1) is 25.2 Å². The van der Waals surface area contributed by atoms with Gasteiger partial charge in [0, 0.05) is 6.54 Å². The third-order valence-electron chi connectivity index (χ3n) is 2.92. The molecule has 2 rings (SSSR count). The monoisotopic (exact) mass is 205 g/mol. The van der Waals surface area contributed by atoms with Crippen LogP contribution in [0.4, 0.5) is 0 Å². The molecule has 0 N–H and O–H groups in total. The number of oxazole rings is 1. The molecule has 0 spiro atoms. The van der Waals surface area contributed by atoms with E-state index in [4.69, 9.17) is 9.68 Å². The molecule has 1 atom stereocenters. The van der Waals surface area contributed by atoms with E-state index in [1.807, 2.05) is 13.8 Å². The summed E-state index contributed by atoms with van der Waals surface area (Å²) in [6.45, 7) is 5.48. The van der Waals surface area contributed by atoms with Crippen molar-refractivity contribution in [2.45, 2.75) is 39.3 Å². The van der Waals surface area contributed by atoms with Gasteiger partial charge in [-0.2, -0.15) is 5.26 Å². The van der Waals surface area contributed by atoms with Gasteiger partial charge in [-0.3, -0.25) is 4.90 Å². The molecule has 15 heavy (non-hydrogen) atoms. The minimum atomic E-state index is 0.0394. The summed E-state index contributed by atoms with van der Waals surface area (Å²) in [6.07, 6.45) is 2.06. The van der Waals surface area contributed by atoms with Crippen LogP contribution in [0.1, 0.15) is 30.2 Å². The summed E-state index contributed by atoms with van der Waals surface area (Å²) in [5.41, 5.74) is 0.942. The maximum atomic E-state index is 8.93. The summed E-state index contributed by atoms with van der Waals surface area (Å²) in [5, 5.41) is 8.93. The average molecular weight is 205 g/mol. The first kappa shape index (κ1) is 10.2. The smallest absolute Gasteiger partial charge is 0.208 e. The minimum Gasteiger partial charge on any atom is -0.444 e. The molecule has 80 valence electrons. The third-order valence-corrected chi connectivity index (χ3v) is 2.92. The molecule has 2 heterocycles. The number of hydrogen-bond acceptors (Lipinski definition) is 4. The van der Waals surface area contributed by atoms with E-state index in [0.717, 1.165) is 36.7 Å². The largest absolute Gasteiger partial charge is 0.444 e. The van der Waals surface area contributed by atoms with Gasteiger partial charge in [0.25, 0.3) is 0 Å². The van der Waals surface area contributed by atoms with Gasteiger partial charge in [0.1, 0.15) is 5.76 Å². The predicted octanol–water partition coefficient (Wildman–Crippen LogP) is 1.78. The van der Waals surface area contributed by atoms with Gasteiger partial charge in [-0.1, -0.05) is 0 Å². The van der Waals surface area contributed by atoms with Gasteiger partial charge in [-0.05, 0) is 26.7 Å². The van der Waals surface area contributed by atoms with Crippen molar-refractivity contribution in [2.24, 2.45) is 0 Å². The van der Waals surface area contributed by atoms with E-state index in [1.165, 1.54) is 0 Å². The summed E-state index contributed by atoms with van der Waals surface area (Å²) in [4.78, 5) is 6.45. The van der Waals surface area contributed by atoms with E-state index in [0.29, 0.717) is 6.54 Å². The van der Waals surface area contributed by atoms with Crippen molar-refractivity contribution in [1.29, 1.82) is 5.26 Å². The molecule has 4 nitrogen and oxygen atoms in total. The highest BCUT2D eigenvalue weighted by molar-refractivity contribution is 5.06. The maximum absolute atomic E-state index is 8.93. The number of hydrogen-bond donors (Lipinski definition) is 0. The van der Waals surface area contributed by atoms with Crippen LogP contribution in [0.3, 0.4) is 0 Å². The highest BCUT2D eigenvalue weighted by Crippen LogP contribution is 2.20. The van der Waals surface area contributed by atoms with E-state index < -0.39 is 0 Å². The molecule has 4 heteroatoms. The SMILES string of the molecule is Cc1nc(CN2CCCC2C#N)oc1C. The Morgan fingerprint density at radius 3 is 3.00 bits per heavy atom. The van der Waals surface area contributed by atoms with Gasteiger partial charge < -0.3 is 4.42 Å². The van der Waals surface area contributed by atoms with Crippen molar-refractivity contribution in [2.75, 3.05) is 6.54 Å². The Bertz CT molecular complexity index is 372. The number of aromatic nitrogens is 1. The zero-order valence-corrected chi connectivity index (χ0v) is 9.16. The van der Waals surface area contributed by atoms with Crippen LogP contribution in [-0.2, 0) is 6.54 Å². The van der Waals surface area contributed by atoms with Crippen molar-refractivity contribution in [3.05, 3.63) is 17.3 Å². The van der Waals surface area contributed by atoms with Crippen molar-refractivity contribution in [3.8, 4) is 6.07 Å². The number of nitrogens with zero attached hydrogens (tertiary/aromatic N) is 3. The molecule has 1 unspecified atom stereocenters. The molecule has 0 aromatic carbocycles. The van der Waals surface area contributed by atoms with Gasteiger partial charge in [0.05, 0.1) is 24.3 Å².